The quantitative estimate of drug-likeness (QED) is 0.538. The van der Waals surface area contributed by atoms with Gasteiger partial charge in [0, 0.05) is 49.5 Å². The van der Waals surface area contributed by atoms with Crippen LogP contribution in [0.3, 0.4) is 0 Å². The zero-order valence-corrected chi connectivity index (χ0v) is 18.5. The Hall–Kier alpha value is -2.87. The van der Waals surface area contributed by atoms with Crippen LogP contribution < -0.4 is 21.1 Å². The highest BCUT2D eigenvalue weighted by atomic mass is 35.5. The fourth-order valence-corrected chi connectivity index (χ4v) is 3.88. The molecule has 0 aliphatic carbocycles. The normalized spacial score (nSPS) is 14.4. The second-order valence-electron chi connectivity index (χ2n) is 7.61. The van der Waals surface area contributed by atoms with Crippen molar-refractivity contribution in [3.63, 3.8) is 0 Å². The van der Waals surface area contributed by atoms with Crippen LogP contribution >= 0.6 is 11.6 Å². The van der Waals surface area contributed by atoms with Gasteiger partial charge in [-0.05, 0) is 36.8 Å². The minimum Gasteiger partial charge on any atom is -0.495 e. The molecule has 0 radical (unpaired) electrons. The average Bonchev–Trinajstić information content (AvgIpc) is 2.77. The van der Waals surface area contributed by atoms with E-state index in [-0.39, 0.29) is 0 Å². The van der Waals surface area contributed by atoms with E-state index in [1.807, 2.05) is 31.2 Å². The standard InChI is InChI=1S/C23H27ClN6O/c1-15-21(17-6-7-19(24)20(13-17)31-2)28-23(29-22(15)25)27-18-5-3-4-16(12-18)14-30-10-8-26-9-11-30/h3-7,12-13,26H,8-11,14H2,1-2H3,(H3,25,27,28,29). The van der Waals surface area contributed by atoms with Crippen LogP contribution in [0.15, 0.2) is 42.5 Å². The zero-order valence-electron chi connectivity index (χ0n) is 17.8. The first kappa shape index (κ1) is 21.4. The van der Waals surface area contributed by atoms with E-state index in [4.69, 9.17) is 27.1 Å². The summed E-state index contributed by atoms with van der Waals surface area (Å²) in [6.45, 7) is 7.01. The molecule has 0 saturated carbocycles. The van der Waals surface area contributed by atoms with Crippen LogP contribution in [0, 0.1) is 6.92 Å². The van der Waals surface area contributed by atoms with Crippen molar-refractivity contribution in [2.45, 2.75) is 13.5 Å². The van der Waals surface area contributed by atoms with Crippen molar-refractivity contribution in [1.82, 2.24) is 20.2 Å². The molecule has 0 amide bonds. The fraction of sp³-hybridized carbons (Fsp3) is 0.304. The number of aromatic nitrogens is 2. The van der Waals surface area contributed by atoms with E-state index in [0.29, 0.717) is 22.5 Å². The van der Waals surface area contributed by atoms with Gasteiger partial charge in [-0.15, -0.1) is 0 Å². The van der Waals surface area contributed by atoms with Gasteiger partial charge in [-0.1, -0.05) is 29.8 Å². The predicted molar refractivity (Wildman–Crippen MR) is 126 cm³/mol. The number of benzene rings is 2. The number of hydrogen-bond acceptors (Lipinski definition) is 7. The van der Waals surface area contributed by atoms with E-state index in [9.17, 15) is 0 Å². The summed E-state index contributed by atoms with van der Waals surface area (Å²) in [6, 6.07) is 13.9. The van der Waals surface area contributed by atoms with E-state index >= 15 is 0 Å². The Morgan fingerprint density at radius 1 is 1.16 bits per heavy atom. The molecule has 1 aliphatic heterocycles. The zero-order chi connectivity index (χ0) is 21.8. The Balaban J connectivity index is 1.59. The second kappa shape index (κ2) is 9.51. The van der Waals surface area contributed by atoms with Gasteiger partial charge in [0.15, 0.2) is 0 Å². The lowest BCUT2D eigenvalue weighted by atomic mass is 10.1. The first-order valence-electron chi connectivity index (χ1n) is 10.3. The van der Waals surface area contributed by atoms with Crippen LogP contribution in [-0.4, -0.2) is 48.2 Å². The molecule has 1 aliphatic rings. The summed E-state index contributed by atoms with van der Waals surface area (Å²) in [5, 5.41) is 7.24. The lowest BCUT2D eigenvalue weighted by Crippen LogP contribution is -2.42. The van der Waals surface area contributed by atoms with Gasteiger partial charge in [0.2, 0.25) is 5.95 Å². The number of anilines is 3. The average molecular weight is 439 g/mol. The van der Waals surface area contributed by atoms with Crippen LogP contribution in [0.4, 0.5) is 17.5 Å². The van der Waals surface area contributed by atoms with Crippen molar-refractivity contribution >= 4 is 29.1 Å². The lowest BCUT2D eigenvalue weighted by Gasteiger charge is -2.27. The van der Waals surface area contributed by atoms with Gasteiger partial charge in [0.05, 0.1) is 17.8 Å². The van der Waals surface area contributed by atoms with Crippen LogP contribution in [0.25, 0.3) is 11.3 Å². The van der Waals surface area contributed by atoms with Gasteiger partial charge >= 0.3 is 0 Å². The second-order valence-corrected chi connectivity index (χ2v) is 8.01. The Bertz CT molecular complexity index is 1070. The molecule has 2 heterocycles. The highest BCUT2D eigenvalue weighted by Gasteiger charge is 2.14. The number of nitrogens with zero attached hydrogens (tertiary/aromatic N) is 3. The van der Waals surface area contributed by atoms with Gasteiger partial charge in [0.25, 0.3) is 0 Å². The predicted octanol–water partition coefficient (Wildman–Crippen LogP) is 3.85. The van der Waals surface area contributed by atoms with Gasteiger partial charge in [-0.3, -0.25) is 4.90 Å². The van der Waals surface area contributed by atoms with E-state index in [2.05, 4.69) is 32.7 Å². The number of hydrogen-bond donors (Lipinski definition) is 3. The van der Waals surface area contributed by atoms with Crippen molar-refractivity contribution in [2.24, 2.45) is 0 Å². The third kappa shape index (κ3) is 5.07. The molecular weight excluding hydrogens is 412 g/mol. The number of piperazine rings is 1. The molecule has 4 rings (SSSR count). The smallest absolute Gasteiger partial charge is 0.229 e. The first-order chi connectivity index (χ1) is 15.0. The van der Waals surface area contributed by atoms with Gasteiger partial charge in [-0.2, -0.15) is 4.98 Å². The molecule has 4 N–H and O–H groups in total. The maximum atomic E-state index is 6.21. The third-order valence-corrected chi connectivity index (χ3v) is 5.72. The van der Waals surface area contributed by atoms with Gasteiger partial charge < -0.3 is 21.1 Å². The highest BCUT2D eigenvalue weighted by molar-refractivity contribution is 6.32. The molecule has 0 atom stereocenters. The van der Waals surface area contributed by atoms with Crippen molar-refractivity contribution in [2.75, 3.05) is 44.3 Å². The van der Waals surface area contributed by atoms with E-state index < -0.39 is 0 Å². The van der Waals surface area contributed by atoms with Crippen LogP contribution in [0.1, 0.15) is 11.1 Å². The summed E-state index contributed by atoms with van der Waals surface area (Å²) in [6.07, 6.45) is 0. The van der Waals surface area contributed by atoms with E-state index in [0.717, 1.165) is 55.2 Å². The molecule has 2 aromatic carbocycles. The van der Waals surface area contributed by atoms with Crippen LogP contribution in [0.5, 0.6) is 5.75 Å². The number of methoxy groups -OCH3 is 1. The van der Waals surface area contributed by atoms with E-state index in [1.54, 1.807) is 13.2 Å². The molecule has 7 nitrogen and oxygen atoms in total. The number of ether oxygens (including phenoxy) is 1. The Morgan fingerprint density at radius 2 is 1.97 bits per heavy atom. The lowest BCUT2D eigenvalue weighted by molar-refractivity contribution is 0.233. The summed E-state index contributed by atoms with van der Waals surface area (Å²) in [7, 11) is 1.59. The molecule has 1 saturated heterocycles. The molecule has 8 heteroatoms. The van der Waals surface area contributed by atoms with Crippen molar-refractivity contribution in [3.05, 3.63) is 58.6 Å². The minimum atomic E-state index is 0.429. The van der Waals surface area contributed by atoms with Crippen LogP contribution in [0.2, 0.25) is 5.02 Å². The minimum absolute atomic E-state index is 0.429. The number of nitrogens with one attached hydrogen (secondary N) is 2. The Morgan fingerprint density at radius 3 is 2.74 bits per heavy atom. The number of nitrogens with two attached hydrogens (primary N) is 1. The van der Waals surface area contributed by atoms with Crippen molar-refractivity contribution in [1.29, 1.82) is 0 Å². The monoisotopic (exact) mass is 438 g/mol. The Kier molecular flexibility index (Phi) is 6.56. The van der Waals surface area contributed by atoms with E-state index in [1.165, 1.54) is 5.56 Å². The molecule has 1 aromatic heterocycles. The number of nitrogen functional groups attached to an aromatic ring is 1. The maximum Gasteiger partial charge on any atom is 0.229 e. The largest absolute Gasteiger partial charge is 0.495 e. The van der Waals surface area contributed by atoms with Crippen LogP contribution in [-0.2, 0) is 6.54 Å². The summed E-state index contributed by atoms with van der Waals surface area (Å²) in [5.74, 6) is 1.47. The molecule has 0 spiro atoms. The molecule has 3 aromatic rings. The maximum absolute atomic E-state index is 6.21. The SMILES string of the molecule is COc1cc(-c2nc(Nc3cccc(CN4CCNCC4)c3)nc(N)c2C)ccc1Cl. The summed E-state index contributed by atoms with van der Waals surface area (Å²) in [5.41, 5.74) is 10.8. The van der Waals surface area contributed by atoms with Crippen molar-refractivity contribution in [3.8, 4) is 17.0 Å². The summed E-state index contributed by atoms with van der Waals surface area (Å²) >= 11 is 6.18. The number of rotatable bonds is 6. The topological polar surface area (TPSA) is 88.3 Å². The molecule has 31 heavy (non-hydrogen) atoms. The molecule has 1 fully saturated rings. The molecular formula is C23H27ClN6O. The number of halogens is 1. The van der Waals surface area contributed by atoms with Gasteiger partial charge in [0.1, 0.15) is 11.6 Å². The highest BCUT2D eigenvalue weighted by Crippen LogP contribution is 2.33. The molecule has 0 bridgehead atoms. The summed E-state index contributed by atoms with van der Waals surface area (Å²) in [4.78, 5) is 11.6. The third-order valence-electron chi connectivity index (χ3n) is 5.41. The first-order valence-corrected chi connectivity index (χ1v) is 10.7. The van der Waals surface area contributed by atoms with Crippen molar-refractivity contribution < 1.29 is 4.74 Å². The Labute approximate surface area is 187 Å². The summed E-state index contributed by atoms with van der Waals surface area (Å²) < 4.78 is 5.35. The van der Waals surface area contributed by atoms with Gasteiger partial charge in [-0.25, -0.2) is 4.98 Å². The molecule has 162 valence electrons. The molecule has 0 unspecified atom stereocenters. The fourth-order valence-electron chi connectivity index (χ4n) is 3.68.